The number of aliphatic hydroxyl groups excluding tert-OH is 1. The number of amides is 1. The third-order valence-electron chi connectivity index (χ3n) is 6.95. The predicted molar refractivity (Wildman–Crippen MR) is 126 cm³/mol. The summed E-state index contributed by atoms with van der Waals surface area (Å²) in [6.07, 6.45) is 3.43. The van der Waals surface area contributed by atoms with Crippen LogP contribution in [0.3, 0.4) is 0 Å². The van der Waals surface area contributed by atoms with Crippen LogP contribution in [0.2, 0.25) is 0 Å². The minimum absolute atomic E-state index is 0.0383. The zero-order valence-electron chi connectivity index (χ0n) is 19.3. The number of piperidine rings is 1. The summed E-state index contributed by atoms with van der Waals surface area (Å²) < 4.78 is 0. The highest BCUT2D eigenvalue weighted by atomic mass is 16.3. The van der Waals surface area contributed by atoms with Crippen LogP contribution in [0, 0.1) is 18.8 Å². The van der Waals surface area contributed by atoms with Gasteiger partial charge in [0.1, 0.15) is 6.23 Å². The Hall–Kier alpha value is -2.17. The normalized spacial score (nSPS) is 23.4. The zero-order chi connectivity index (χ0) is 22.2. The van der Waals surface area contributed by atoms with Gasteiger partial charge in [0.2, 0.25) is 5.91 Å². The predicted octanol–water partition coefficient (Wildman–Crippen LogP) is 5.41. The number of hydrogen-bond acceptors (Lipinski definition) is 3. The first kappa shape index (κ1) is 22.0. The van der Waals surface area contributed by atoms with Crippen molar-refractivity contribution in [2.75, 3.05) is 11.9 Å². The van der Waals surface area contributed by atoms with E-state index in [2.05, 4.69) is 43.1 Å². The lowest BCUT2D eigenvalue weighted by molar-refractivity contribution is -0.129. The van der Waals surface area contributed by atoms with Gasteiger partial charge in [0, 0.05) is 18.3 Å². The van der Waals surface area contributed by atoms with E-state index in [-0.39, 0.29) is 23.3 Å². The van der Waals surface area contributed by atoms with E-state index in [0.29, 0.717) is 5.92 Å². The molecule has 1 unspecified atom stereocenters. The van der Waals surface area contributed by atoms with Gasteiger partial charge in [0.25, 0.3) is 0 Å². The van der Waals surface area contributed by atoms with Crippen molar-refractivity contribution in [1.29, 1.82) is 0 Å². The van der Waals surface area contributed by atoms with E-state index in [0.717, 1.165) is 49.0 Å². The second-order valence-corrected chi connectivity index (χ2v) is 10.4. The summed E-state index contributed by atoms with van der Waals surface area (Å²) in [5.74, 6) is 0.485. The molecule has 1 aliphatic carbocycles. The Morgan fingerprint density at radius 3 is 2.52 bits per heavy atom. The molecular formula is C27H36N2O2. The van der Waals surface area contributed by atoms with Crippen molar-refractivity contribution in [3.05, 3.63) is 65.2 Å². The average molecular weight is 421 g/mol. The second-order valence-electron chi connectivity index (χ2n) is 10.4. The fraction of sp³-hybridized carbons (Fsp3) is 0.519. The number of nitrogens with one attached hydrogen (secondary N) is 1. The SMILES string of the molecule is Cc1ccccc1C(O)N1CCC[C@H](C(=O)Nc2cccc(C(C)(C)C)c2)[C@@H]1C1CC1. The second kappa shape index (κ2) is 8.76. The molecule has 1 heterocycles. The number of anilines is 1. The maximum atomic E-state index is 13.4. The number of aryl methyl sites for hydroxylation is 1. The average Bonchev–Trinajstić information content (AvgIpc) is 3.58. The van der Waals surface area contributed by atoms with Gasteiger partial charge in [-0.05, 0) is 72.8 Å². The van der Waals surface area contributed by atoms with Crippen molar-refractivity contribution >= 4 is 11.6 Å². The highest BCUT2D eigenvalue weighted by Crippen LogP contribution is 2.45. The highest BCUT2D eigenvalue weighted by molar-refractivity contribution is 5.93. The van der Waals surface area contributed by atoms with E-state index in [1.54, 1.807) is 0 Å². The van der Waals surface area contributed by atoms with Crippen LogP contribution in [0.15, 0.2) is 48.5 Å². The molecule has 2 aromatic rings. The number of nitrogens with zero attached hydrogens (tertiary/aromatic N) is 1. The number of carbonyl (C=O) groups is 1. The maximum absolute atomic E-state index is 13.4. The van der Waals surface area contributed by atoms with Crippen LogP contribution in [0.5, 0.6) is 0 Å². The van der Waals surface area contributed by atoms with Crippen molar-refractivity contribution in [3.63, 3.8) is 0 Å². The lowest BCUT2D eigenvalue weighted by Crippen LogP contribution is -2.52. The quantitative estimate of drug-likeness (QED) is 0.680. The van der Waals surface area contributed by atoms with E-state index < -0.39 is 6.23 Å². The van der Waals surface area contributed by atoms with Crippen LogP contribution < -0.4 is 5.32 Å². The fourth-order valence-electron chi connectivity index (χ4n) is 5.01. The molecule has 1 saturated heterocycles. The molecule has 2 aromatic carbocycles. The number of rotatable bonds is 5. The van der Waals surface area contributed by atoms with Crippen molar-refractivity contribution in [2.24, 2.45) is 11.8 Å². The van der Waals surface area contributed by atoms with Crippen LogP contribution in [0.4, 0.5) is 5.69 Å². The van der Waals surface area contributed by atoms with Gasteiger partial charge in [0.15, 0.2) is 0 Å². The molecular weight excluding hydrogens is 384 g/mol. The van der Waals surface area contributed by atoms with E-state index in [1.165, 1.54) is 5.56 Å². The number of carbonyl (C=O) groups excluding carboxylic acids is 1. The first-order chi connectivity index (χ1) is 14.8. The van der Waals surface area contributed by atoms with Gasteiger partial charge >= 0.3 is 0 Å². The van der Waals surface area contributed by atoms with E-state index in [1.807, 2.05) is 43.3 Å². The van der Waals surface area contributed by atoms with Gasteiger partial charge in [-0.1, -0.05) is 57.2 Å². The van der Waals surface area contributed by atoms with Gasteiger partial charge in [-0.2, -0.15) is 0 Å². The summed E-state index contributed by atoms with van der Waals surface area (Å²) in [5, 5.41) is 14.5. The minimum atomic E-state index is -0.661. The van der Waals surface area contributed by atoms with Crippen LogP contribution in [-0.2, 0) is 10.2 Å². The first-order valence-electron chi connectivity index (χ1n) is 11.7. The summed E-state index contributed by atoms with van der Waals surface area (Å²) in [6, 6.07) is 16.3. The molecule has 4 rings (SSSR count). The Morgan fingerprint density at radius 1 is 1.10 bits per heavy atom. The third-order valence-corrected chi connectivity index (χ3v) is 6.95. The molecule has 0 radical (unpaired) electrons. The summed E-state index contributed by atoms with van der Waals surface area (Å²) in [4.78, 5) is 15.6. The topological polar surface area (TPSA) is 52.6 Å². The molecule has 0 bridgehead atoms. The van der Waals surface area contributed by atoms with Crippen molar-refractivity contribution in [2.45, 2.75) is 71.1 Å². The lowest BCUT2D eigenvalue weighted by Gasteiger charge is -2.43. The third kappa shape index (κ3) is 4.86. The summed E-state index contributed by atoms with van der Waals surface area (Å²) in [7, 11) is 0. The van der Waals surface area contributed by atoms with Gasteiger partial charge in [0.05, 0.1) is 5.92 Å². The fourth-order valence-corrected chi connectivity index (χ4v) is 5.01. The molecule has 0 aromatic heterocycles. The molecule has 4 nitrogen and oxygen atoms in total. The number of aliphatic hydroxyl groups is 1. The standard InChI is InChI=1S/C27H36N2O2/c1-18-9-5-6-12-22(18)26(31)29-16-8-13-23(24(29)19-14-15-19)25(30)28-21-11-7-10-20(17-21)27(2,3)4/h5-7,9-12,17,19,23-24,26,31H,8,13-16H2,1-4H3,(H,28,30)/t23-,24-,26?/m0/s1. The first-order valence-corrected chi connectivity index (χ1v) is 11.7. The maximum Gasteiger partial charge on any atom is 0.229 e. The van der Waals surface area contributed by atoms with Crippen LogP contribution in [0.25, 0.3) is 0 Å². The molecule has 3 atom stereocenters. The highest BCUT2D eigenvalue weighted by Gasteiger charge is 2.47. The van der Waals surface area contributed by atoms with Crippen LogP contribution in [-0.4, -0.2) is 28.5 Å². The van der Waals surface area contributed by atoms with Crippen LogP contribution in [0.1, 0.15) is 69.4 Å². The summed E-state index contributed by atoms with van der Waals surface area (Å²) in [5.41, 5.74) is 4.16. The van der Waals surface area contributed by atoms with Crippen molar-refractivity contribution in [1.82, 2.24) is 4.90 Å². The molecule has 1 aliphatic heterocycles. The van der Waals surface area contributed by atoms with Crippen molar-refractivity contribution < 1.29 is 9.90 Å². The van der Waals surface area contributed by atoms with Gasteiger partial charge in [-0.15, -0.1) is 0 Å². The van der Waals surface area contributed by atoms with E-state index in [4.69, 9.17) is 0 Å². The molecule has 2 N–H and O–H groups in total. The van der Waals surface area contributed by atoms with Gasteiger partial charge in [-0.3, -0.25) is 9.69 Å². The van der Waals surface area contributed by atoms with Crippen LogP contribution >= 0.6 is 0 Å². The Bertz CT molecular complexity index is 929. The smallest absolute Gasteiger partial charge is 0.229 e. The van der Waals surface area contributed by atoms with E-state index >= 15 is 0 Å². The minimum Gasteiger partial charge on any atom is -0.374 e. The zero-order valence-corrected chi connectivity index (χ0v) is 19.3. The molecule has 1 amide bonds. The molecule has 2 fully saturated rings. The number of hydrogen-bond donors (Lipinski definition) is 2. The summed E-state index contributed by atoms with van der Waals surface area (Å²) >= 11 is 0. The molecule has 166 valence electrons. The molecule has 2 aliphatic rings. The Labute approximate surface area is 186 Å². The largest absolute Gasteiger partial charge is 0.374 e. The lowest BCUT2D eigenvalue weighted by atomic mass is 9.84. The Balaban J connectivity index is 1.55. The Kier molecular flexibility index (Phi) is 6.23. The molecule has 31 heavy (non-hydrogen) atoms. The Morgan fingerprint density at radius 2 is 1.84 bits per heavy atom. The number of likely N-dealkylation sites (tertiary alicyclic amines) is 1. The van der Waals surface area contributed by atoms with Gasteiger partial charge in [-0.25, -0.2) is 0 Å². The molecule has 0 spiro atoms. The van der Waals surface area contributed by atoms with Gasteiger partial charge < -0.3 is 10.4 Å². The molecule has 4 heteroatoms. The molecule has 1 saturated carbocycles. The van der Waals surface area contributed by atoms with E-state index in [9.17, 15) is 9.90 Å². The summed E-state index contributed by atoms with van der Waals surface area (Å²) in [6.45, 7) is 9.43. The van der Waals surface area contributed by atoms with Crippen molar-refractivity contribution in [3.8, 4) is 0 Å². The number of benzene rings is 2. The monoisotopic (exact) mass is 420 g/mol.